The van der Waals surface area contributed by atoms with Crippen molar-refractivity contribution in [2.24, 2.45) is 17.6 Å². The highest BCUT2D eigenvalue weighted by molar-refractivity contribution is 4.97. The van der Waals surface area contributed by atoms with Crippen molar-refractivity contribution < 1.29 is 0 Å². The van der Waals surface area contributed by atoms with Crippen molar-refractivity contribution in [3.63, 3.8) is 0 Å². The third kappa shape index (κ3) is 2.05. The van der Waals surface area contributed by atoms with E-state index < -0.39 is 0 Å². The van der Waals surface area contributed by atoms with E-state index in [0.717, 1.165) is 18.4 Å². The molecule has 2 aliphatic rings. The maximum Gasteiger partial charge on any atom is 0.0304 e. The Balaban J connectivity index is 1.70. The highest BCUT2D eigenvalue weighted by Crippen LogP contribution is 2.37. The van der Waals surface area contributed by atoms with Crippen molar-refractivity contribution in [3.05, 3.63) is 0 Å². The fourth-order valence-electron chi connectivity index (χ4n) is 2.27. The van der Waals surface area contributed by atoms with Crippen molar-refractivity contribution in [1.29, 1.82) is 0 Å². The Morgan fingerprint density at radius 1 is 1.46 bits per heavy atom. The molecule has 0 heterocycles. The van der Waals surface area contributed by atoms with Gasteiger partial charge < -0.3 is 11.1 Å². The summed E-state index contributed by atoms with van der Waals surface area (Å²) in [6.07, 6.45) is 6.86. The van der Waals surface area contributed by atoms with Gasteiger partial charge in [-0.25, -0.2) is 0 Å². The van der Waals surface area contributed by atoms with Crippen LogP contribution in [-0.2, 0) is 0 Å². The lowest BCUT2D eigenvalue weighted by Crippen LogP contribution is -2.57. The predicted octanol–water partition coefficient (Wildman–Crippen LogP) is 1.50. The maximum atomic E-state index is 5.78. The zero-order valence-electron chi connectivity index (χ0n) is 8.68. The maximum absolute atomic E-state index is 5.78. The van der Waals surface area contributed by atoms with Crippen LogP contribution in [0, 0.1) is 11.8 Å². The molecule has 2 aliphatic carbocycles. The van der Waals surface area contributed by atoms with Crippen LogP contribution in [0.4, 0.5) is 0 Å². The molecule has 76 valence electrons. The first-order valence-corrected chi connectivity index (χ1v) is 5.71. The summed E-state index contributed by atoms with van der Waals surface area (Å²) in [5, 5.41) is 3.68. The normalized spacial score (nSPS) is 28.2. The van der Waals surface area contributed by atoms with Gasteiger partial charge in [-0.3, -0.25) is 0 Å². The van der Waals surface area contributed by atoms with Gasteiger partial charge in [-0.05, 0) is 50.5 Å². The van der Waals surface area contributed by atoms with Crippen LogP contribution in [0.1, 0.15) is 39.0 Å². The van der Waals surface area contributed by atoms with Crippen LogP contribution >= 0.6 is 0 Å². The highest BCUT2D eigenvalue weighted by atomic mass is 15.0. The van der Waals surface area contributed by atoms with E-state index in [1.807, 2.05) is 0 Å². The monoisotopic (exact) mass is 182 g/mol. The van der Waals surface area contributed by atoms with Crippen LogP contribution in [0.5, 0.6) is 0 Å². The molecule has 0 aromatic carbocycles. The molecule has 2 nitrogen and oxygen atoms in total. The number of nitrogens with two attached hydrogens (primary N) is 1. The summed E-state index contributed by atoms with van der Waals surface area (Å²) in [4.78, 5) is 0. The molecule has 0 bridgehead atoms. The van der Waals surface area contributed by atoms with Gasteiger partial charge >= 0.3 is 0 Å². The third-order valence-corrected chi connectivity index (χ3v) is 3.93. The molecule has 2 rings (SSSR count). The van der Waals surface area contributed by atoms with Gasteiger partial charge in [-0.15, -0.1) is 0 Å². The van der Waals surface area contributed by atoms with Crippen molar-refractivity contribution in [2.75, 3.05) is 13.1 Å². The van der Waals surface area contributed by atoms with Gasteiger partial charge in [0.15, 0.2) is 0 Å². The molecule has 1 atom stereocenters. The lowest BCUT2D eigenvalue weighted by atomic mass is 9.76. The average Bonchev–Trinajstić information content (AvgIpc) is 2.85. The van der Waals surface area contributed by atoms with E-state index in [0.29, 0.717) is 5.54 Å². The molecular weight excluding hydrogens is 160 g/mol. The summed E-state index contributed by atoms with van der Waals surface area (Å²) in [6, 6.07) is 0. The first-order valence-electron chi connectivity index (χ1n) is 5.71. The molecule has 2 heteroatoms. The average molecular weight is 182 g/mol. The summed E-state index contributed by atoms with van der Waals surface area (Å²) in [5.74, 6) is 1.88. The van der Waals surface area contributed by atoms with Gasteiger partial charge in [0.25, 0.3) is 0 Å². The minimum atomic E-state index is 0.336. The van der Waals surface area contributed by atoms with E-state index in [1.54, 1.807) is 0 Å². The minimum Gasteiger partial charge on any atom is -0.329 e. The summed E-state index contributed by atoms with van der Waals surface area (Å²) in [5.41, 5.74) is 6.12. The lowest BCUT2D eigenvalue weighted by Gasteiger charge is -2.42. The highest BCUT2D eigenvalue weighted by Gasteiger charge is 2.36. The molecule has 0 aliphatic heterocycles. The van der Waals surface area contributed by atoms with Gasteiger partial charge in [0.2, 0.25) is 0 Å². The van der Waals surface area contributed by atoms with Crippen LogP contribution in [0.25, 0.3) is 0 Å². The smallest absolute Gasteiger partial charge is 0.0304 e. The number of nitrogens with one attached hydrogen (secondary N) is 1. The molecule has 0 radical (unpaired) electrons. The van der Waals surface area contributed by atoms with Crippen molar-refractivity contribution in [2.45, 2.75) is 44.6 Å². The number of rotatable bonds is 5. The zero-order chi connectivity index (χ0) is 9.31. The molecule has 0 aromatic rings. The fourth-order valence-corrected chi connectivity index (χ4v) is 2.27. The van der Waals surface area contributed by atoms with Gasteiger partial charge in [-0.1, -0.05) is 6.92 Å². The summed E-state index contributed by atoms with van der Waals surface area (Å²) >= 11 is 0. The summed E-state index contributed by atoms with van der Waals surface area (Å²) in [7, 11) is 0. The number of hydrogen-bond acceptors (Lipinski definition) is 2. The number of hydrogen-bond donors (Lipinski definition) is 2. The van der Waals surface area contributed by atoms with Gasteiger partial charge in [0.1, 0.15) is 0 Å². The second-order valence-corrected chi connectivity index (χ2v) is 5.03. The van der Waals surface area contributed by atoms with Crippen LogP contribution in [-0.4, -0.2) is 18.6 Å². The van der Waals surface area contributed by atoms with Crippen molar-refractivity contribution in [1.82, 2.24) is 5.32 Å². The quantitative estimate of drug-likeness (QED) is 0.676. The molecular formula is C11H22N2. The summed E-state index contributed by atoms with van der Waals surface area (Å²) < 4.78 is 0. The Labute approximate surface area is 81.3 Å². The second-order valence-electron chi connectivity index (χ2n) is 5.03. The Morgan fingerprint density at radius 2 is 2.15 bits per heavy atom. The molecule has 2 fully saturated rings. The van der Waals surface area contributed by atoms with E-state index in [2.05, 4.69) is 12.2 Å². The topological polar surface area (TPSA) is 38.0 Å². The molecule has 3 N–H and O–H groups in total. The van der Waals surface area contributed by atoms with E-state index in [-0.39, 0.29) is 0 Å². The Hall–Kier alpha value is -0.0800. The molecule has 2 saturated carbocycles. The van der Waals surface area contributed by atoms with E-state index in [4.69, 9.17) is 5.73 Å². The lowest BCUT2D eigenvalue weighted by molar-refractivity contribution is 0.182. The zero-order valence-corrected chi connectivity index (χ0v) is 8.68. The van der Waals surface area contributed by atoms with E-state index in [1.165, 1.54) is 38.6 Å². The first-order chi connectivity index (χ1) is 6.26. The molecule has 0 amide bonds. The summed E-state index contributed by atoms with van der Waals surface area (Å²) in [6.45, 7) is 4.37. The van der Waals surface area contributed by atoms with Crippen LogP contribution in [0.15, 0.2) is 0 Å². The minimum absolute atomic E-state index is 0.336. The first kappa shape index (κ1) is 9.47. The Morgan fingerprint density at radius 3 is 2.54 bits per heavy atom. The van der Waals surface area contributed by atoms with Gasteiger partial charge in [0.05, 0.1) is 0 Å². The molecule has 0 spiro atoms. The van der Waals surface area contributed by atoms with Crippen LogP contribution < -0.4 is 11.1 Å². The van der Waals surface area contributed by atoms with Gasteiger partial charge in [-0.2, -0.15) is 0 Å². The second kappa shape index (κ2) is 3.58. The molecule has 0 saturated heterocycles. The molecule has 13 heavy (non-hydrogen) atoms. The molecule has 1 unspecified atom stereocenters. The fraction of sp³-hybridized carbons (Fsp3) is 1.00. The van der Waals surface area contributed by atoms with Crippen molar-refractivity contribution >= 4 is 0 Å². The SMILES string of the molecule is CC(CNC1(CN)CCC1)C1CC1. The Bertz CT molecular complexity index is 165. The van der Waals surface area contributed by atoms with E-state index in [9.17, 15) is 0 Å². The predicted molar refractivity (Wildman–Crippen MR) is 55.5 cm³/mol. The standard InChI is InChI=1S/C11H22N2/c1-9(10-3-4-10)7-13-11(8-12)5-2-6-11/h9-10,13H,2-8,12H2,1H3. The van der Waals surface area contributed by atoms with Crippen molar-refractivity contribution in [3.8, 4) is 0 Å². The Kier molecular flexibility index (Phi) is 2.61. The largest absolute Gasteiger partial charge is 0.329 e. The third-order valence-electron chi connectivity index (χ3n) is 3.93. The van der Waals surface area contributed by atoms with E-state index >= 15 is 0 Å². The molecule has 0 aromatic heterocycles. The van der Waals surface area contributed by atoms with Gasteiger partial charge in [0, 0.05) is 12.1 Å². The van der Waals surface area contributed by atoms with Crippen LogP contribution in [0.3, 0.4) is 0 Å². The van der Waals surface area contributed by atoms with Crippen LogP contribution in [0.2, 0.25) is 0 Å².